The van der Waals surface area contributed by atoms with Gasteiger partial charge >= 0.3 is 5.91 Å². The van der Waals surface area contributed by atoms with Gasteiger partial charge in [0.2, 0.25) is 0 Å². The SMILES string of the molecule is O=C1C(=O)N(C[NH+]2CCN(C(=O)c3cccs3)CC2)c2ccccc21. The number of hydrogen-bond acceptors (Lipinski definition) is 4. The molecule has 2 aromatic rings. The lowest BCUT2D eigenvalue weighted by molar-refractivity contribution is -0.902. The summed E-state index contributed by atoms with van der Waals surface area (Å²) in [5, 5.41) is 1.90. The van der Waals surface area contributed by atoms with E-state index in [1.54, 1.807) is 17.0 Å². The first kappa shape index (κ1) is 16.0. The predicted octanol–water partition coefficient (Wildman–Crippen LogP) is 0.276. The summed E-state index contributed by atoms with van der Waals surface area (Å²) in [4.78, 5) is 42.1. The van der Waals surface area contributed by atoms with E-state index in [1.165, 1.54) is 16.2 Å². The molecule has 3 heterocycles. The summed E-state index contributed by atoms with van der Waals surface area (Å²) in [6.07, 6.45) is 0. The molecular formula is C18H18N3O3S+. The molecule has 0 atom stereocenters. The maximum absolute atomic E-state index is 12.4. The fourth-order valence-corrected chi connectivity index (χ4v) is 4.06. The Bertz CT molecular complexity index is 826. The molecule has 1 aromatic heterocycles. The van der Waals surface area contributed by atoms with Crippen LogP contribution in [0.5, 0.6) is 0 Å². The first-order chi connectivity index (χ1) is 12.1. The number of Topliss-reactive ketones (excluding diaryl/α,β-unsaturated/α-hetero) is 1. The molecule has 4 rings (SSSR count). The highest BCUT2D eigenvalue weighted by Crippen LogP contribution is 2.27. The van der Waals surface area contributed by atoms with Crippen molar-refractivity contribution in [3.8, 4) is 0 Å². The van der Waals surface area contributed by atoms with Crippen LogP contribution >= 0.6 is 11.3 Å². The van der Waals surface area contributed by atoms with Crippen molar-refractivity contribution in [3.63, 3.8) is 0 Å². The van der Waals surface area contributed by atoms with Crippen molar-refractivity contribution >= 4 is 34.6 Å². The van der Waals surface area contributed by atoms with Gasteiger partial charge in [0.15, 0.2) is 6.67 Å². The van der Waals surface area contributed by atoms with Gasteiger partial charge in [-0.25, -0.2) is 0 Å². The lowest BCUT2D eigenvalue weighted by atomic mass is 10.1. The number of para-hydroxylation sites is 1. The maximum atomic E-state index is 12.4. The second-order valence-corrected chi connectivity index (χ2v) is 7.20. The number of hydrogen-bond donors (Lipinski definition) is 1. The second-order valence-electron chi connectivity index (χ2n) is 6.26. The van der Waals surface area contributed by atoms with Crippen LogP contribution in [-0.4, -0.2) is 55.3 Å². The molecule has 1 saturated heterocycles. The number of thiophene rings is 1. The van der Waals surface area contributed by atoms with E-state index in [-0.39, 0.29) is 5.91 Å². The molecule has 0 saturated carbocycles. The molecule has 0 aliphatic carbocycles. The third kappa shape index (κ3) is 2.85. The van der Waals surface area contributed by atoms with Crippen molar-refractivity contribution in [2.24, 2.45) is 0 Å². The molecule has 0 radical (unpaired) electrons. The summed E-state index contributed by atoms with van der Waals surface area (Å²) in [5.41, 5.74) is 1.18. The van der Waals surface area contributed by atoms with Gasteiger partial charge in [-0.1, -0.05) is 18.2 Å². The van der Waals surface area contributed by atoms with Crippen molar-refractivity contribution in [1.29, 1.82) is 0 Å². The highest BCUT2D eigenvalue weighted by atomic mass is 32.1. The van der Waals surface area contributed by atoms with E-state index in [4.69, 9.17) is 0 Å². The van der Waals surface area contributed by atoms with E-state index in [0.717, 1.165) is 18.0 Å². The van der Waals surface area contributed by atoms with Gasteiger partial charge in [0, 0.05) is 0 Å². The molecule has 128 valence electrons. The van der Waals surface area contributed by atoms with Gasteiger partial charge < -0.3 is 9.80 Å². The van der Waals surface area contributed by atoms with Crippen LogP contribution in [0.4, 0.5) is 5.69 Å². The van der Waals surface area contributed by atoms with Crippen LogP contribution in [0.15, 0.2) is 41.8 Å². The maximum Gasteiger partial charge on any atom is 0.303 e. The van der Waals surface area contributed by atoms with Crippen molar-refractivity contribution < 1.29 is 19.3 Å². The van der Waals surface area contributed by atoms with E-state index in [9.17, 15) is 14.4 Å². The molecule has 2 aliphatic heterocycles. The Labute approximate surface area is 149 Å². The van der Waals surface area contributed by atoms with Crippen LogP contribution in [0.2, 0.25) is 0 Å². The van der Waals surface area contributed by atoms with Gasteiger partial charge in [-0.2, -0.15) is 0 Å². The summed E-state index contributed by atoms with van der Waals surface area (Å²) >= 11 is 1.46. The molecule has 2 amide bonds. The molecule has 0 bridgehead atoms. The van der Waals surface area contributed by atoms with Crippen LogP contribution in [0, 0.1) is 0 Å². The number of piperazine rings is 1. The van der Waals surface area contributed by atoms with Crippen molar-refractivity contribution in [3.05, 3.63) is 52.2 Å². The molecule has 7 heteroatoms. The van der Waals surface area contributed by atoms with E-state index in [0.29, 0.717) is 31.0 Å². The minimum Gasteiger partial charge on any atom is -0.327 e. The molecule has 6 nitrogen and oxygen atoms in total. The first-order valence-corrected chi connectivity index (χ1v) is 9.14. The third-order valence-electron chi connectivity index (χ3n) is 4.75. The van der Waals surface area contributed by atoms with Crippen LogP contribution in [0.25, 0.3) is 0 Å². The summed E-state index contributed by atoms with van der Waals surface area (Å²) in [6.45, 7) is 3.30. The van der Waals surface area contributed by atoms with Gasteiger partial charge in [0.25, 0.3) is 11.7 Å². The summed E-state index contributed by atoms with van der Waals surface area (Å²) < 4.78 is 0. The fourth-order valence-electron chi connectivity index (χ4n) is 3.37. The van der Waals surface area contributed by atoms with Crippen molar-refractivity contribution in [2.45, 2.75) is 0 Å². The normalized spacial score (nSPS) is 17.9. The quantitative estimate of drug-likeness (QED) is 0.804. The van der Waals surface area contributed by atoms with Gasteiger partial charge in [-0.15, -0.1) is 11.3 Å². The average molecular weight is 356 g/mol. The average Bonchev–Trinajstić information content (AvgIpc) is 3.26. The molecular weight excluding hydrogens is 338 g/mol. The summed E-state index contributed by atoms with van der Waals surface area (Å²) in [5.74, 6) is -0.806. The van der Waals surface area contributed by atoms with Crippen LogP contribution < -0.4 is 9.80 Å². The number of quaternary nitrogens is 1. The zero-order valence-corrected chi connectivity index (χ0v) is 14.4. The first-order valence-electron chi connectivity index (χ1n) is 8.27. The number of nitrogens with one attached hydrogen (secondary N) is 1. The monoisotopic (exact) mass is 356 g/mol. The lowest BCUT2D eigenvalue weighted by Crippen LogP contribution is -3.16. The number of benzene rings is 1. The molecule has 1 aromatic carbocycles. The molecule has 2 aliphatic rings. The van der Waals surface area contributed by atoms with E-state index < -0.39 is 11.7 Å². The molecule has 25 heavy (non-hydrogen) atoms. The molecule has 0 spiro atoms. The Hall–Kier alpha value is -2.51. The van der Waals surface area contributed by atoms with E-state index >= 15 is 0 Å². The Balaban J connectivity index is 1.40. The Morgan fingerprint density at radius 1 is 1.08 bits per heavy atom. The summed E-state index contributed by atoms with van der Waals surface area (Å²) in [7, 11) is 0. The molecule has 1 N–H and O–H groups in total. The zero-order valence-electron chi connectivity index (χ0n) is 13.6. The number of rotatable bonds is 3. The second kappa shape index (κ2) is 6.42. The number of carbonyl (C=O) groups is 3. The van der Waals surface area contributed by atoms with Gasteiger partial charge in [-0.3, -0.25) is 19.3 Å². The zero-order chi connectivity index (χ0) is 17.4. The Kier molecular flexibility index (Phi) is 4.10. The molecule has 0 unspecified atom stereocenters. The highest BCUT2D eigenvalue weighted by molar-refractivity contribution is 7.12. The number of nitrogens with zero attached hydrogens (tertiary/aromatic N) is 2. The predicted molar refractivity (Wildman–Crippen MR) is 94.0 cm³/mol. The standard InChI is InChI=1S/C18H17N3O3S/c22-16-13-4-1-2-5-14(13)21(18(16)24)12-19-7-9-20(10-8-19)17(23)15-6-3-11-25-15/h1-6,11H,7-10,12H2/p+1. The van der Waals surface area contributed by atoms with Crippen LogP contribution in [-0.2, 0) is 4.79 Å². The minimum absolute atomic E-state index is 0.0758. The van der Waals surface area contributed by atoms with E-state index in [2.05, 4.69) is 0 Å². The number of fused-ring (bicyclic) bond motifs is 1. The number of carbonyl (C=O) groups excluding carboxylic acids is 3. The van der Waals surface area contributed by atoms with Gasteiger partial charge in [0.05, 0.1) is 42.3 Å². The topological polar surface area (TPSA) is 62.1 Å². The lowest BCUT2D eigenvalue weighted by Gasteiger charge is -2.33. The largest absolute Gasteiger partial charge is 0.327 e. The Morgan fingerprint density at radius 2 is 1.84 bits per heavy atom. The summed E-state index contributed by atoms with van der Waals surface area (Å²) in [6, 6.07) is 10.8. The fraction of sp³-hybridized carbons (Fsp3) is 0.278. The highest BCUT2D eigenvalue weighted by Gasteiger charge is 2.38. The Morgan fingerprint density at radius 3 is 2.56 bits per heavy atom. The van der Waals surface area contributed by atoms with Gasteiger partial charge in [-0.05, 0) is 23.6 Å². The number of anilines is 1. The van der Waals surface area contributed by atoms with E-state index in [1.807, 2.05) is 34.5 Å². The number of ketones is 1. The number of amides is 2. The minimum atomic E-state index is -0.453. The van der Waals surface area contributed by atoms with Crippen LogP contribution in [0.1, 0.15) is 20.0 Å². The molecule has 1 fully saturated rings. The smallest absolute Gasteiger partial charge is 0.303 e. The van der Waals surface area contributed by atoms with Crippen LogP contribution in [0.3, 0.4) is 0 Å². The van der Waals surface area contributed by atoms with Crippen molar-refractivity contribution in [2.75, 3.05) is 37.7 Å². The van der Waals surface area contributed by atoms with Crippen molar-refractivity contribution in [1.82, 2.24) is 4.90 Å². The third-order valence-corrected chi connectivity index (χ3v) is 5.61. The van der Waals surface area contributed by atoms with Gasteiger partial charge in [0.1, 0.15) is 0 Å².